The lowest BCUT2D eigenvalue weighted by Crippen LogP contribution is -2.33. The van der Waals surface area contributed by atoms with Crippen LogP contribution in [0.3, 0.4) is 0 Å². The monoisotopic (exact) mass is 458 g/mol. The van der Waals surface area contributed by atoms with Crippen LogP contribution < -0.4 is 11.1 Å². The van der Waals surface area contributed by atoms with Gasteiger partial charge in [0.25, 0.3) is 11.9 Å². The number of amides is 1. The minimum absolute atomic E-state index is 0.168. The maximum absolute atomic E-state index is 11.5. The zero-order valence-corrected chi connectivity index (χ0v) is 17.8. The van der Waals surface area contributed by atoms with E-state index >= 15 is 0 Å². The van der Waals surface area contributed by atoms with Gasteiger partial charge in [-0.15, -0.1) is 0 Å². The number of carbonyl (C=O) groups excluding carboxylic acids is 1. The second kappa shape index (κ2) is 8.67. The molecule has 33 heavy (non-hydrogen) atoms. The molecule has 5 rings (SSSR count). The second-order valence-electron chi connectivity index (χ2n) is 8.44. The van der Waals surface area contributed by atoms with Crippen LogP contribution in [0.5, 0.6) is 0 Å². The zero-order chi connectivity index (χ0) is 23.1. The Morgan fingerprint density at radius 3 is 2.67 bits per heavy atom. The van der Waals surface area contributed by atoms with Crippen LogP contribution in [0.15, 0.2) is 18.7 Å². The number of hydrogen-bond acceptors (Lipinski definition) is 10. The summed E-state index contributed by atoms with van der Waals surface area (Å²) in [6, 6.07) is 0.225. The molecular weight excluding hydrogens is 432 g/mol. The van der Waals surface area contributed by atoms with Gasteiger partial charge in [0.2, 0.25) is 0 Å². The van der Waals surface area contributed by atoms with Gasteiger partial charge in [-0.3, -0.25) is 9.36 Å². The Morgan fingerprint density at radius 2 is 2.00 bits per heavy atom. The van der Waals surface area contributed by atoms with E-state index in [9.17, 15) is 20.1 Å². The molecule has 176 valence electrons. The third kappa shape index (κ3) is 3.93. The number of fused-ring (bicyclic) bond motifs is 1. The van der Waals surface area contributed by atoms with Crippen LogP contribution in [0.4, 0.5) is 5.82 Å². The van der Waals surface area contributed by atoms with E-state index in [0.717, 1.165) is 25.7 Å². The van der Waals surface area contributed by atoms with Crippen molar-refractivity contribution in [3.05, 3.63) is 24.3 Å². The van der Waals surface area contributed by atoms with Crippen LogP contribution in [-0.2, 0) is 4.74 Å². The summed E-state index contributed by atoms with van der Waals surface area (Å²) in [6.07, 6.45) is 5.16. The number of rotatable bonds is 6. The first-order valence-corrected chi connectivity index (χ1v) is 10.9. The molecule has 3 aromatic rings. The third-order valence-electron chi connectivity index (χ3n) is 6.22. The van der Waals surface area contributed by atoms with Gasteiger partial charge in [-0.25, -0.2) is 9.67 Å². The standard InChI is InChI=1S/C20H26N8O5/c21-16(32)10-6-23-28(7-10)20-25-17(24-11-4-2-1-3-5-11)13-18(26-20)27(9-22-13)19-15(31)14(30)12(8-29)33-19/h6-7,9,11-12,14-15,19,29-31H,1-5,8H2,(H2,21,32)(H,24,25,26). The molecule has 1 saturated carbocycles. The van der Waals surface area contributed by atoms with Crippen LogP contribution >= 0.6 is 0 Å². The fourth-order valence-electron chi connectivity index (χ4n) is 4.40. The largest absolute Gasteiger partial charge is 0.394 e. The van der Waals surface area contributed by atoms with Gasteiger partial charge in [0.1, 0.15) is 18.3 Å². The number of aliphatic hydroxyl groups excluding tert-OH is 3. The molecule has 4 atom stereocenters. The maximum atomic E-state index is 11.5. The molecule has 3 aromatic heterocycles. The second-order valence-corrected chi connectivity index (χ2v) is 8.44. The number of anilines is 1. The van der Waals surface area contributed by atoms with Gasteiger partial charge in [0, 0.05) is 12.2 Å². The highest BCUT2D eigenvalue weighted by Crippen LogP contribution is 2.33. The average molecular weight is 458 g/mol. The summed E-state index contributed by atoms with van der Waals surface area (Å²) in [5.41, 5.74) is 6.35. The predicted molar refractivity (Wildman–Crippen MR) is 114 cm³/mol. The highest BCUT2D eigenvalue weighted by atomic mass is 16.6. The lowest BCUT2D eigenvalue weighted by atomic mass is 9.95. The summed E-state index contributed by atoms with van der Waals surface area (Å²) < 4.78 is 8.50. The number of carbonyl (C=O) groups is 1. The van der Waals surface area contributed by atoms with Crippen LogP contribution in [0, 0.1) is 0 Å². The van der Waals surface area contributed by atoms with Crippen LogP contribution in [-0.4, -0.2) is 81.5 Å². The van der Waals surface area contributed by atoms with Gasteiger partial charge in [-0.05, 0) is 12.8 Å². The van der Waals surface area contributed by atoms with Gasteiger partial charge in [0.15, 0.2) is 23.2 Å². The minimum Gasteiger partial charge on any atom is -0.394 e. The number of primary amides is 1. The molecule has 2 fully saturated rings. The molecule has 1 aliphatic heterocycles. The van der Waals surface area contributed by atoms with Crippen molar-refractivity contribution >= 4 is 22.9 Å². The summed E-state index contributed by atoms with van der Waals surface area (Å²) in [4.78, 5) is 25.1. The Hall–Kier alpha value is -3.13. The molecule has 13 nitrogen and oxygen atoms in total. The normalized spacial score (nSPS) is 26.2. The molecule has 0 radical (unpaired) electrons. The Labute approximate surface area is 188 Å². The number of aliphatic hydroxyl groups is 3. The van der Waals surface area contributed by atoms with Crippen LogP contribution in [0.2, 0.25) is 0 Å². The van der Waals surface area contributed by atoms with E-state index in [2.05, 4.69) is 25.4 Å². The zero-order valence-electron chi connectivity index (χ0n) is 17.8. The van der Waals surface area contributed by atoms with Crippen molar-refractivity contribution in [1.29, 1.82) is 0 Å². The molecular formula is C20H26N8O5. The number of nitrogens with zero attached hydrogens (tertiary/aromatic N) is 6. The molecule has 4 heterocycles. The fourth-order valence-corrected chi connectivity index (χ4v) is 4.40. The van der Waals surface area contributed by atoms with Crippen LogP contribution in [0.25, 0.3) is 17.1 Å². The summed E-state index contributed by atoms with van der Waals surface area (Å²) in [6.45, 7) is -0.445. The van der Waals surface area contributed by atoms with E-state index in [1.807, 2.05) is 0 Å². The molecule has 0 aromatic carbocycles. The van der Waals surface area contributed by atoms with Crippen molar-refractivity contribution in [3.8, 4) is 5.95 Å². The van der Waals surface area contributed by atoms with Crippen LogP contribution in [0.1, 0.15) is 48.7 Å². The quantitative estimate of drug-likeness (QED) is 0.321. The summed E-state index contributed by atoms with van der Waals surface area (Å²) in [7, 11) is 0. The first kappa shape index (κ1) is 21.7. The maximum Gasteiger partial charge on any atom is 0.254 e. The molecule has 6 N–H and O–H groups in total. The molecule has 2 aliphatic rings. The number of aromatic nitrogens is 6. The lowest BCUT2D eigenvalue weighted by molar-refractivity contribution is -0.0511. The lowest BCUT2D eigenvalue weighted by Gasteiger charge is -2.23. The Kier molecular flexibility index (Phi) is 5.70. The summed E-state index contributed by atoms with van der Waals surface area (Å²) >= 11 is 0. The fraction of sp³-hybridized carbons (Fsp3) is 0.550. The van der Waals surface area contributed by atoms with Crippen molar-refractivity contribution in [2.45, 2.75) is 62.7 Å². The molecule has 4 unspecified atom stereocenters. The first-order chi connectivity index (χ1) is 16.0. The number of nitrogens with two attached hydrogens (primary N) is 1. The van der Waals surface area contributed by atoms with Crippen molar-refractivity contribution in [2.75, 3.05) is 11.9 Å². The topological polar surface area (TPSA) is 186 Å². The number of imidazole rings is 1. The highest BCUT2D eigenvalue weighted by molar-refractivity contribution is 5.92. The van der Waals surface area contributed by atoms with Crippen molar-refractivity contribution in [1.82, 2.24) is 29.3 Å². The van der Waals surface area contributed by atoms with Gasteiger partial charge < -0.3 is 31.1 Å². The highest BCUT2D eigenvalue weighted by Gasteiger charge is 2.44. The SMILES string of the molecule is NC(=O)c1cnn(-c2nc(NC3CCCCC3)c3ncn(C4OC(CO)C(O)C4O)c3n2)c1. The molecule has 1 saturated heterocycles. The minimum atomic E-state index is -1.29. The van der Waals surface area contributed by atoms with E-state index in [1.165, 1.54) is 34.4 Å². The van der Waals surface area contributed by atoms with E-state index < -0.39 is 37.1 Å². The predicted octanol–water partition coefficient (Wildman–Crippen LogP) is -0.533. The van der Waals surface area contributed by atoms with Crippen molar-refractivity contribution in [3.63, 3.8) is 0 Å². The number of ether oxygens (including phenoxy) is 1. The van der Waals surface area contributed by atoms with Gasteiger partial charge in [0.05, 0.1) is 24.7 Å². The molecule has 1 aliphatic carbocycles. The summed E-state index contributed by atoms with van der Waals surface area (Å²) in [5.74, 6) is 0.0322. The average Bonchev–Trinajstić information content (AvgIpc) is 3.53. The number of nitrogens with one attached hydrogen (secondary N) is 1. The molecule has 0 bridgehead atoms. The van der Waals surface area contributed by atoms with E-state index in [0.29, 0.717) is 17.0 Å². The number of hydrogen-bond donors (Lipinski definition) is 5. The van der Waals surface area contributed by atoms with E-state index in [-0.39, 0.29) is 17.6 Å². The molecule has 1 amide bonds. The Balaban J connectivity index is 1.59. The smallest absolute Gasteiger partial charge is 0.254 e. The van der Waals surface area contributed by atoms with Gasteiger partial charge >= 0.3 is 0 Å². The summed E-state index contributed by atoms with van der Waals surface area (Å²) in [5, 5.41) is 37.7. The van der Waals surface area contributed by atoms with E-state index in [4.69, 9.17) is 10.5 Å². The Bertz CT molecular complexity index is 1160. The van der Waals surface area contributed by atoms with Gasteiger partial charge in [-0.1, -0.05) is 19.3 Å². The Morgan fingerprint density at radius 1 is 1.21 bits per heavy atom. The first-order valence-electron chi connectivity index (χ1n) is 10.9. The van der Waals surface area contributed by atoms with Crippen molar-refractivity contribution < 1.29 is 24.9 Å². The van der Waals surface area contributed by atoms with Crippen molar-refractivity contribution in [2.24, 2.45) is 5.73 Å². The molecule has 13 heteroatoms. The molecule has 0 spiro atoms. The third-order valence-corrected chi connectivity index (χ3v) is 6.22. The van der Waals surface area contributed by atoms with E-state index in [1.54, 1.807) is 0 Å². The van der Waals surface area contributed by atoms with Gasteiger partial charge in [-0.2, -0.15) is 15.1 Å².